The Labute approximate surface area is 187 Å². The van der Waals surface area contributed by atoms with E-state index >= 15 is 0 Å². The second-order valence-electron chi connectivity index (χ2n) is 6.01. The highest BCUT2D eigenvalue weighted by molar-refractivity contribution is 14.0. The maximum Gasteiger partial charge on any atom is 0.195 e. The van der Waals surface area contributed by atoms with E-state index in [1.54, 1.807) is 21.3 Å². The van der Waals surface area contributed by atoms with Crippen LogP contribution in [-0.4, -0.2) is 45.3 Å². The Balaban J connectivity index is 0.00000300. The molecule has 154 valence electrons. The number of nitrogens with one attached hydrogen (secondary N) is 3. The first-order chi connectivity index (χ1) is 13.7. The molecule has 2 aromatic carbocycles. The number of aromatic nitrogens is 1. The fourth-order valence-corrected chi connectivity index (χ4v) is 2.77. The number of rotatable bonds is 7. The van der Waals surface area contributed by atoms with Crippen LogP contribution in [0.2, 0.25) is 0 Å². The van der Waals surface area contributed by atoms with Crippen molar-refractivity contribution in [3.05, 3.63) is 54.6 Å². The molecule has 0 saturated carbocycles. The molecule has 0 spiro atoms. The van der Waals surface area contributed by atoms with Gasteiger partial charge in [-0.05, 0) is 30.3 Å². The molecule has 0 saturated heterocycles. The highest BCUT2D eigenvalue weighted by Gasteiger charge is 2.06. The molecule has 0 aliphatic heterocycles. The largest absolute Gasteiger partial charge is 0.493 e. The first-order valence-corrected chi connectivity index (χ1v) is 9.03. The number of methoxy groups -OCH3 is 2. The number of para-hydroxylation sites is 1. The van der Waals surface area contributed by atoms with Crippen LogP contribution in [0, 0.1) is 0 Å². The van der Waals surface area contributed by atoms with E-state index in [1.165, 1.54) is 0 Å². The van der Waals surface area contributed by atoms with Crippen molar-refractivity contribution in [2.24, 2.45) is 4.99 Å². The fraction of sp³-hybridized carbons (Fsp3) is 0.238. The smallest absolute Gasteiger partial charge is 0.195 e. The number of fused-ring (bicyclic) bond motifs is 1. The predicted octanol–water partition coefficient (Wildman–Crippen LogP) is 3.97. The van der Waals surface area contributed by atoms with Gasteiger partial charge < -0.3 is 25.4 Å². The van der Waals surface area contributed by atoms with Gasteiger partial charge in [-0.1, -0.05) is 18.2 Å². The minimum atomic E-state index is 0. The Kier molecular flexibility index (Phi) is 8.78. The lowest BCUT2D eigenvalue weighted by atomic mass is 10.2. The van der Waals surface area contributed by atoms with Gasteiger partial charge in [0.15, 0.2) is 17.5 Å². The van der Waals surface area contributed by atoms with E-state index in [4.69, 9.17) is 9.47 Å². The lowest BCUT2D eigenvalue weighted by Gasteiger charge is -2.14. The molecule has 0 aliphatic rings. The maximum atomic E-state index is 5.33. The minimum Gasteiger partial charge on any atom is -0.493 e. The molecule has 3 N–H and O–H groups in total. The van der Waals surface area contributed by atoms with Crippen LogP contribution in [0.3, 0.4) is 0 Å². The van der Waals surface area contributed by atoms with E-state index in [0.29, 0.717) is 30.5 Å². The van der Waals surface area contributed by atoms with Crippen molar-refractivity contribution in [2.45, 2.75) is 0 Å². The average Bonchev–Trinajstić information content (AvgIpc) is 2.75. The van der Waals surface area contributed by atoms with Gasteiger partial charge in [0.25, 0.3) is 0 Å². The molecule has 1 heterocycles. The lowest BCUT2D eigenvalue weighted by molar-refractivity contribution is 0.355. The molecule has 0 aliphatic carbocycles. The summed E-state index contributed by atoms with van der Waals surface area (Å²) in [7, 11) is 4.96. The second-order valence-corrected chi connectivity index (χ2v) is 6.01. The zero-order valence-corrected chi connectivity index (χ0v) is 19.1. The number of halogens is 1. The SMILES string of the molecule is CN=C(NCCNc1ccc2ccccc2n1)Nc1ccc(OC)c(OC)c1.I. The summed E-state index contributed by atoms with van der Waals surface area (Å²) < 4.78 is 10.6. The summed E-state index contributed by atoms with van der Waals surface area (Å²) in [6.07, 6.45) is 0. The summed E-state index contributed by atoms with van der Waals surface area (Å²) in [5, 5.41) is 11.0. The molecule has 29 heavy (non-hydrogen) atoms. The molecule has 7 nitrogen and oxygen atoms in total. The third-order valence-electron chi connectivity index (χ3n) is 4.19. The molecular formula is C21H26IN5O2. The van der Waals surface area contributed by atoms with E-state index < -0.39 is 0 Å². The summed E-state index contributed by atoms with van der Waals surface area (Å²) in [5.74, 6) is 2.86. The van der Waals surface area contributed by atoms with Crippen molar-refractivity contribution < 1.29 is 9.47 Å². The monoisotopic (exact) mass is 507 g/mol. The minimum absolute atomic E-state index is 0. The molecule has 0 radical (unpaired) electrons. The van der Waals surface area contributed by atoms with E-state index in [1.807, 2.05) is 42.5 Å². The molecule has 3 aromatic rings. The molecular weight excluding hydrogens is 481 g/mol. The van der Waals surface area contributed by atoms with E-state index in [-0.39, 0.29) is 24.0 Å². The summed E-state index contributed by atoms with van der Waals surface area (Å²) in [5.41, 5.74) is 1.83. The second kappa shape index (κ2) is 11.3. The molecule has 3 rings (SSSR count). The third-order valence-corrected chi connectivity index (χ3v) is 4.19. The normalized spacial score (nSPS) is 10.8. The van der Waals surface area contributed by atoms with Crippen molar-refractivity contribution in [1.29, 1.82) is 0 Å². The van der Waals surface area contributed by atoms with E-state index in [2.05, 4.69) is 38.1 Å². The van der Waals surface area contributed by atoms with Gasteiger partial charge in [-0.25, -0.2) is 4.98 Å². The van der Waals surface area contributed by atoms with Crippen LogP contribution in [0.4, 0.5) is 11.5 Å². The first-order valence-electron chi connectivity index (χ1n) is 9.03. The highest BCUT2D eigenvalue weighted by Crippen LogP contribution is 2.29. The van der Waals surface area contributed by atoms with Crippen LogP contribution in [0.1, 0.15) is 0 Å². The molecule has 0 atom stereocenters. The van der Waals surface area contributed by atoms with Gasteiger partial charge in [-0.3, -0.25) is 4.99 Å². The van der Waals surface area contributed by atoms with Gasteiger partial charge in [0, 0.05) is 37.3 Å². The zero-order valence-electron chi connectivity index (χ0n) is 16.7. The predicted molar refractivity (Wildman–Crippen MR) is 130 cm³/mol. The average molecular weight is 507 g/mol. The Morgan fingerprint density at radius 3 is 2.52 bits per heavy atom. The van der Waals surface area contributed by atoms with Gasteiger partial charge >= 0.3 is 0 Å². The number of nitrogens with zero attached hydrogens (tertiary/aromatic N) is 2. The number of ether oxygens (including phenoxy) is 2. The van der Waals surface area contributed by atoms with E-state index in [0.717, 1.165) is 22.4 Å². The number of guanidine groups is 1. The Morgan fingerprint density at radius 2 is 1.76 bits per heavy atom. The molecule has 0 bridgehead atoms. The Hall–Kier alpha value is -2.75. The topological polar surface area (TPSA) is 79.8 Å². The molecule has 8 heteroatoms. The standard InChI is InChI=1S/C21H25N5O2.HI/c1-22-21(25-16-9-10-18(27-2)19(14-16)28-3)24-13-12-23-20-11-8-15-6-4-5-7-17(15)26-20;/h4-11,14H,12-13H2,1-3H3,(H,23,26)(H2,22,24,25);1H. The van der Waals surface area contributed by atoms with Crippen molar-refractivity contribution in [2.75, 3.05) is 45.0 Å². The number of aliphatic imine (C=N–C) groups is 1. The van der Waals surface area contributed by atoms with Crippen molar-refractivity contribution in [3.63, 3.8) is 0 Å². The fourth-order valence-electron chi connectivity index (χ4n) is 2.77. The van der Waals surface area contributed by atoms with Gasteiger partial charge in [0.2, 0.25) is 0 Å². The van der Waals surface area contributed by atoms with E-state index in [9.17, 15) is 0 Å². The van der Waals surface area contributed by atoms with Gasteiger partial charge in [-0.15, -0.1) is 24.0 Å². The number of pyridine rings is 1. The molecule has 0 amide bonds. The van der Waals surface area contributed by atoms with Crippen LogP contribution in [-0.2, 0) is 0 Å². The lowest BCUT2D eigenvalue weighted by Crippen LogP contribution is -2.34. The maximum absolute atomic E-state index is 5.33. The van der Waals surface area contributed by atoms with Crippen molar-refractivity contribution in [1.82, 2.24) is 10.3 Å². The Bertz CT molecular complexity index is 965. The molecule has 0 unspecified atom stereocenters. The quantitative estimate of drug-likeness (QED) is 0.195. The van der Waals surface area contributed by atoms with Crippen molar-refractivity contribution in [3.8, 4) is 11.5 Å². The van der Waals surface area contributed by atoms with Crippen LogP contribution in [0.15, 0.2) is 59.6 Å². The van der Waals surface area contributed by atoms with Gasteiger partial charge in [0.1, 0.15) is 5.82 Å². The summed E-state index contributed by atoms with van der Waals surface area (Å²) in [4.78, 5) is 8.85. The number of hydrogen-bond donors (Lipinski definition) is 3. The molecule has 0 fully saturated rings. The third kappa shape index (κ3) is 6.11. The van der Waals surface area contributed by atoms with Crippen LogP contribution >= 0.6 is 24.0 Å². The summed E-state index contributed by atoms with van der Waals surface area (Å²) in [6.45, 7) is 1.39. The molecule has 1 aromatic heterocycles. The number of anilines is 2. The van der Waals surface area contributed by atoms with Crippen LogP contribution < -0.4 is 25.4 Å². The van der Waals surface area contributed by atoms with Crippen LogP contribution in [0.25, 0.3) is 10.9 Å². The number of hydrogen-bond acceptors (Lipinski definition) is 5. The first kappa shape index (κ1) is 22.5. The zero-order chi connectivity index (χ0) is 19.8. The summed E-state index contributed by atoms with van der Waals surface area (Å²) >= 11 is 0. The highest BCUT2D eigenvalue weighted by atomic mass is 127. The van der Waals surface area contributed by atoms with Crippen molar-refractivity contribution >= 4 is 52.3 Å². The number of benzene rings is 2. The Morgan fingerprint density at radius 1 is 0.966 bits per heavy atom. The van der Waals surface area contributed by atoms with Gasteiger partial charge in [0.05, 0.1) is 19.7 Å². The summed E-state index contributed by atoms with van der Waals surface area (Å²) in [6, 6.07) is 17.7. The van der Waals surface area contributed by atoms with Crippen LogP contribution in [0.5, 0.6) is 11.5 Å². The van der Waals surface area contributed by atoms with Gasteiger partial charge in [-0.2, -0.15) is 0 Å².